The zero-order chi connectivity index (χ0) is 14.7. The number of thiophene rings is 1. The quantitative estimate of drug-likeness (QED) is 0.877. The van der Waals surface area contributed by atoms with E-state index < -0.39 is 0 Å². The van der Waals surface area contributed by atoms with E-state index in [-0.39, 0.29) is 18.6 Å². The fourth-order valence-electron chi connectivity index (χ4n) is 2.82. The van der Waals surface area contributed by atoms with E-state index in [1.807, 2.05) is 0 Å². The maximum atomic E-state index is 12.3. The summed E-state index contributed by atoms with van der Waals surface area (Å²) in [4.78, 5) is 14.5. The lowest BCUT2D eigenvalue weighted by Gasteiger charge is -2.17. The molecule has 0 aromatic carbocycles. The molecule has 0 radical (unpaired) electrons. The Morgan fingerprint density at radius 1 is 1.55 bits per heavy atom. The summed E-state index contributed by atoms with van der Waals surface area (Å²) in [5.74, 6) is 1.15. The van der Waals surface area contributed by atoms with Crippen LogP contribution in [-0.2, 0) is 12.8 Å². The molecule has 1 aliphatic carbocycles. The minimum absolute atomic E-state index is 0.00600. The second-order valence-corrected chi connectivity index (χ2v) is 7.53. The number of amides is 1. The lowest BCUT2D eigenvalue weighted by atomic mass is 9.90. The van der Waals surface area contributed by atoms with Crippen LogP contribution < -0.4 is 5.32 Å². The topological polar surface area (TPSA) is 49.3 Å². The number of nitrogens with one attached hydrogen (secondary N) is 1. The van der Waals surface area contributed by atoms with Crippen LogP contribution in [-0.4, -0.2) is 23.7 Å². The van der Waals surface area contributed by atoms with Crippen molar-refractivity contribution < 1.29 is 9.90 Å². The monoisotopic (exact) mass is 295 g/mol. The number of aliphatic hydroxyl groups is 1. The fraction of sp³-hybridized carbons (Fsp3) is 0.688. The van der Waals surface area contributed by atoms with Gasteiger partial charge in [0.15, 0.2) is 0 Å². The van der Waals surface area contributed by atoms with E-state index in [0.717, 1.165) is 30.1 Å². The maximum absolute atomic E-state index is 12.3. The molecule has 20 heavy (non-hydrogen) atoms. The van der Waals surface area contributed by atoms with Crippen molar-refractivity contribution in [3.05, 3.63) is 21.4 Å². The van der Waals surface area contributed by atoms with Crippen molar-refractivity contribution in [1.82, 2.24) is 5.32 Å². The minimum atomic E-state index is -0.138. The molecule has 1 amide bonds. The van der Waals surface area contributed by atoms with E-state index in [4.69, 9.17) is 0 Å². The first kappa shape index (κ1) is 15.5. The average Bonchev–Trinajstić information content (AvgIpc) is 2.80. The standard InChI is InChI=1S/C16H25NO2S/c1-10(2)6-13(9-18)17-16(19)15-8-12-7-11(3)4-5-14(12)20-15/h8,10-11,13,18H,4-7,9H2,1-3H3,(H,17,19). The Bertz CT molecular complexity index is 467. The van der Waals surface area contributed by atoms with Crippen molar-refractivity contribution in [2.45, 2.75) is 52.5 Å². The van der Waals surface area contributed by atoms with Gasteiger partial charge in [0.1, 0.15) is 0 Å². The number of aliphatic hydroxyl groups excluding tert-OH is 1. The van der Waals surface area contributed by atoms with Crippen LogP contribution in [0, 0.1) is 11.8 Å². The van der Waals surface area contributed by atoms with Gasteiger partial charge in [-0.25, -0.2) is 0 Å². The molecule has 0 spiro atoms. The molecule has 1 heterocycles. The van der Waals surface area contributed by atoms with Crippen LogP contribution >= 0.6 is 11.3 Å². The second kappa shape index (κ2) is 6.72. The van der Waals surface area contributed by atoms with Crippen LogP contribution in [0.3, 0.4) is 0 Å². The maximum Gasteiger partial charge on any atom is 0.261 e. The van der Waals surface area contributed by atoms with Gasteiger partial charge < -0.3 is 10.4 Å². The molecule has 0 bridgehead atoms. The van der Waals surface area contributed by atoms with Crippen LogP contribution in [0.2, 0.25) is 0 Å². The van der Waals surface area contributed by atoms with Crippen molar-refractivity contribution in [3.8, 4) is 0 Å². The van der Waals surface area contributed by atoms with Gasteiger partial charge in [-0.1, -0.05) is 20.8 Å². The highest BCUT2D eigenvalue weighted by atomic mass is 32.1. The Balaban J connectivity index is 2.02. The number of fused-ring (bicyclic) bond motifs is 1. The molecular formula is C16H25NO2S. The summed E-state index contributed by atoms with van der Waals surface area (Å²) in [5.41, 5.74) is 1.35. The summed E-state index contributed by atoms with van der Waals surface area (Å²) in [6, 6.07) is 1.91. The van der Waals surface area contributed by atoms with Crippen LogP contribution in [0.1, 0.15) is 53.7 Å². The molecule has 2 unspecified atom stereocenters. The molecule has 4 heteroatoms. The van der Waals surface area contributed by atoms with E-state index in [2.05, 4.69) is 32.2 Å². The van der Waals surface area contributed by atoms with Crippen LogP contribution in [0.25, 0.3) is 0 Å². The van der Waals surface area contributed by atoms with Gasteiger partial charge in [0.2, 0.25) is 0 Å². The van der Waals surface area contributed by atoms with Crippen molar-refractivity contribution in [3.63, 3.8) is 0 Å². The third-order valence-electron chi connectivity index (χ3n) is 3.86. The fourth-order valence-corrected chi connectivity index (χ4v) is 3.93. The first-order valence-corrected chi connectivity index (χ1v) is 8.34. The molecule has 112 valence electrons. The Labute approximate surface area is 125 Å². The molecule has 0 aliphatic heterocycles. The Morgan fingerprint density at radius 2 is 2.30 bits per heavy atom. The summed E-state index contributed by atoms with van der Waals surface area (Å²) in [5, 5.41) is 12.3. The smallest absolute Gasteiger partial charge is 0.261 e. The van der Waals surface area contributed by atoms with E-state index in [1.165, 1.54) is 16.9 Å². The molecular weight excluding hydrogens is 270 g/mol. The molecule has 0 saturated heterocycles. The van der Waals surface area contributed by atoms with Gasteiger partial charge >= 0.3 is 0 Å². The Morgan fingerprint density at radius 3 is 2.95 bits per heavy atom. The predicted molar refractivity (Wildman–Crippen MR) is 83.3 cm³/mol. The highest BCUT2D eigenvalue weighted by Crippen LogP contribution is 2.32. The van der Waals surface area contributed by atoms with Crippen molar-refractivity contribution in [1.29, 1.82) is 0 Å². The molecule has 1 aliphatic rings. The number of carbonyl (C=O) groups excluding carboxylic acids is 1. The van der Waals surface area contributed by atoms with Gasteiger partial charge in [0.25, 0.3) is 5.91 Å². The molecule has 2 rings (SSSR count). The van der Waals surface area contributed by atoms with Crippen molar-refractivity contribution in [2.24, 2.45) is 11.8 Å². The third kappa shape index (κ3) is 3.83. The average molecular weight is 295 g/mol. The zero-order valence-electron chi connectivity index (χ0n) is 12.6. The molecule has 1 aromatic heterocycles. The SMILES string of the molecule is CC(C)CC(CO)NC(=O)c1cc2c(s1)CCC(C)C2. The van der Waals surface area contributed by atoms with Gasteiger partial charge in [-0.05, 0) is 49.1 Å². The van der Waals surface area contributed by atoms with Gasteiger partial charge in [0, 0.05) is 4.88 Å². The van der Waals surface area contributed by atoms with Gasteiger partial charge in [-0.2, -0.15) is 0 Å². The molecule has 1 aromatic rings. The van der Waals surface area contributed by atoms with Gasteiger partial charge in [0.05, 0.1) is 17.5 Å². The lowest BCUT2D eigenvalue weighted by molar-refractivity contribution is 0.0912. The number of aryl methyl sites for hydroxylation is 1. The van der Waals surface area contributed by atoms with E-state index in [0.29, 0.717) is 5.92 Å². The van der Waals surface area contributed by atoms with E-state index >= 15 is 0 Å². The van der Waals surface area contributed by atoms with Crippen LogP contribution in [0.5, 0.6) is 0 Å². The summed E-state index contributed by atoms with van der Waals surface area (Å²) in [7, 11) is 0. The summed E-state index contributed by atoms with van der Waals surface area (Å²) in [6.07, 6.45) is 4.23. The Kier molecular flexibility index (Phi) is 5.22. The number of carbonyl (C=O) groups is 1. The number of hydrogen-bond acceptors (Lipinski definition) is 3. The number of rotatable bonds is 5. The Hall–Kier alpha value is -0.870. The third-order valence-corrected chi connectivity index (χ3v) is 5.10. The normalized spacial score (nSPS) is 19.8. The molecule has 3 nitrogen and oxygen atoms in total. The first-order valence-electron chi connectivity index (χ1n) is 7.53. The summed E-state index contributed by atoms with van der Waals surface area (Å²) < 4.78 is 0. The lowest BCUT2D eigenvalue weighted by Crippen LogP contribution is -2.38. The highest BCUT2D eigenvalue weighted by Gasteiger charge is 2.22. The van der Waals surface area contributed by atoms with Crippen molar-refractivity contribution in [2.75, 3.05) is 6.61 Å². The minimum Gasteiger partial charge on any atom is -0.394 e. The van der Waals surface area contributed by atoms with Gasteiger partial charge in [-0.15, -0.1) is 11.3 Å². The van der Waals surface area contributed by atoms with Crippen LogP contribution in [0.4, 0.5) is 0 Å². The van der Waals surface area contributed by atoms with E-state index in [9.17, 15) is 9.90 Å². The predicted octanol–water partition coefficient (Wildman–Crippen LogP) is 3.01. The molecule has 0 saturated carbocycles. The zero-order valence-corrected chi connectivity index (χ0v) is 13.4. The molecule has 2 atom stereocenters. The number of hydrogen-bond donors (Lipinski definition) is 2. The first-order chi connectivity index (χ1) is 9.49. The summed E-state index contributed by atoms with van der Waals surface area (Å²) >= 11 is 1.62. The van der Waals surface area contributed by atoms with Crippen molar-refractivity contribution >= 4 is 17.2 Å². The van der Waals surface area contributed by atoms with E-state index in [1.54, 1.807) is 11.3 Å². The summed E-state index contributed by atoms with van der Waals surface area (Å²) in [6.45, 7) is 6.47. The molecule has 0 fully saturated rings. The van der Waals surface area contributed by atoms with Gasteiger partial charge in [-0.3, -0.25) is 4.79 Å². The molecule has 2 N–H and O–H groups in total. The largest absolute Gasteiger partial charge is 0.394 e. The second-order valence-electron chi connectivity index (χ2n) is 6.39. The van der Waals surface area contributed by atoms with Crippen LogP contribution in [0.15, 0.2) is 6.07 Å². The highest BCUT2D eigenvalue weighted by molar-refractivity contribution is 7.14.